The van der Waals surface area contributed by atoms with E-state index in [0.29, 0.717) is 6.54 Å². The van der Waals surface area contributed by atoms with Crippen LogP contribution >= 0.6 is 12.4 Å². The molecular weight excluding hydrogens is 356 g/mol. The van der Waals surface area contributed by atoms with Gasteiger partial charge in [-0.05, 0) is 32.2 Å². The number of anilines is 1. The van der Waals surface area contributed by atoms with E-state index in [0.717, 1.165) is 6.26 Å². The van der Waals surface area contributed by atoms with E-state index in [1.165, 1.54) is 18.2 Å². The number of ether oxygens (including phenoxy) is 1. The smallest absolute Gasteiger partial charge is 0.338 e. The van der Waals surface area contributed by atoms with Crippen LogP contribution in [0.1, 0.15) is 24.2 Å². The Morgan fingerprint density at radius 1 is 1.25 bits per heavy atom. The quantitative estimate of drug-likeness (QED) is 0.697. The molecule has 0 spiro atoms. The lowest BCUT2D eigenvalue weighted by Crippen LogP contribution is -2.28. The zero-order chi connectivity index (χ0) is 17.6. The number of sulfone groups is 1. The van der Waals surface area contributed by atoms with E-state index < -0.39 is 15.8 Å². The lowest BCUT2D eigenvalue weighted by Gasteiger charge is -2.13. The fourth-order valence-electron chi connectivity index (χ4n) is 1.88. The topological polar surface area (TPSA) is 102 Å². The van der Waals surface area contributed by atoms with Gasteiger partial charge in [0, 0.05) is 24.4 Å². The molecule has 1 unspecified atom stereocenters. The Morgan fingerprint density at radius 3 is 2.38 bits per heavy atom. The van der Waals surface area contributed by atoms with E-state index in [1.54, 1.807) is 20.9 Å². The Balaban J connectivity index is 0.00000529. The molecule has 0 aliphatic heterocycles. The summed E-state index contributed by atoms with van der Waals surface area (Å²) in [6, 6.07) is 3.96. The number of carbonyl (C=O) groups is 2. The SMILES string of the molecule is CCOC(=O)c1cc(NC(=O)C(C)CNC)cc(S(C)(=O)=O)c1.Cl. The van der Waals surface area contributed by atoms with Gasteiger partial charge in [0.25, 0.3) is 0 Å². The van der Waals surface area contributed by atoms with Crippen LogP contribution in [-0.2, 0) is 19.4 Å². The van der Waals surface area contributed by atoms with Crippen molar-refractivity contribution in [1.82, 2.24) is 5.32 Å². The van der Waals surface area contributed by atoms with Crippen molar-refractivity contribution < 1.29 is 22.7 Å². The average molecular weight is 379 g/mol. The van der Waals surface area contributed by atoms with Gasteiger partial charge in [0.2, 0.25) is 5.91 Å². The molecule has 1 amide bonds. The maximum Gasteiger partial charge on any atom is 0.338 e. The first-order chi connectivity index (χ1) is 10.7. The first-order valence-corrected chi connectivity index (χ1v) is 9.06. The fourth-order valence-corrected chi connectivity index (χ4v) is 2.56. The summed E-state index contributed by atoms with van der Waals surface area (Å²) >= 11 is 0. The average Bonchev–Trinajstić information content (AvgIpc) is 2.46. The third-order valence-electron chi connectivity index (χ3n) is 3.07. The number of hydrogen-bond acceptors (Lipinski definition) is 6. The molecule has 2 N–H and O–H groups in total. The Bertz CT molecular complexity index is 691. The van der Waals surface area contributed by atoms with Crippen LogP contribution in [0, 0.1) is 5.92 Å². The molecule has 0 radical (unpaired) electrons. The maximum atomic E-state index is 12.1. The Kier molecular flexibility index (Phi) is 8.95. The lowest BCUT2D eigenvalue weighted by molar-refractivity contribution is -0.119. The molecule has 1 aromatic rings. The van der Waals surface area contributed by atoms with Crippen LogP contribution in [0.25, 0.3) is 0 Å². The molecule has 7 nitrogen and oxygen atoms in total. The number of hydrogen-bond donors (Lipinski definition) is 2. The van der Waals surface area contributed by atoms with Gasteiger partial charge in [0.1, 0.15) is 0 Å². The van der Waals surface area contributed by atoms with E-state index in [9.17, 15) is 18.0 Å². The highest BCUT2D eigenvalue weighted by Crippen LogP contribution is 2.20. The monoisotopic (exact) mass is 378 g/mol. The van der Waals surface area contributed by atoms with Crippen LogP contribution in [0.5, 0.6) is 0 Å². The van der Waals surface area contributed by atoms with Gasteiger partial charge in [-0.2, -0.15) is 0 Å². The van der Waals surface area contributed by atoms with Crippen LogP contribution in [0.15, 0.2) is 23.1 Å². The van der Waals surface area contributed by atoms with Crippen LogP contribution in [0.3, 0.4) is 0 Å². The number of esters is 1. The summed E-state index contributed by atoms with van der Waals surface area (Å²) < 4.78 is 28.4. The highest BCUT2D eigenvalue weighted by Gasteiger charge is 2.18. The van der Waals surface area contributed by atoms with Gasteiger partial charge < -0.3 is 15.4 Å². The number of carbonyl (C=O) groups excluding carboxylic acids is 2. The molecule has 0 saturated carbocycles. The van der Waals surface area contributed by atoms with Crippen molar-refractivity contribution in [3.05, 3.63) is 23.8 Å². The van der Waals surface area contributed by atoms with Gasteiger partial charge in [-0.15, -0.1) is 12.4 Å². The van der Waals surface area contributed by atoms with Crippen LogP contribution in [0.2, 0.25) is 0 Å². The lowest BCUT2D eigenvalue weighted by atomic mass is 10.1. The molecule has 0 aromatic heterocycles. The van der Waals surface area contributed by atoms with Crippen molar-refractivity contribution in [3.63, 3.8) is 0 Å². The van der Waals surface area contributed by atoms with Crippen molar-refractivity contribution >= 4 is 39.8 Å². The van der Waals surface area contributed by atoms with Crippen LogP contribution < -0.4 is 10.6 Å². The van der Waals surface area contributed by atoms with Crippen molar-refractivity contribution in [1.29, 1.82) is 0 Å². The number of rotatable bonds is 7. The predicted molar refractivity (Wildman–Crippen MR) is 94.5 cm³/mol. The van der Waals surface area contributed by atoms with Crippen molar-refractivity contribution in [3.8, 4) is 0 Å². The second kappa shape index (κ2) is 9.61. The minimum Gasteiger partial charge on any atom is -0.462 e. The molecule has 0 fully saturated rings. The number of benzene rings is 1. The predicted octanol–water partition coefficient (Wildman–Crippen LogP) is 1.48. The Labute approximate surface area is 148 Å². The van der Waals surface area contributed by atoms with Crippen molar-refractivity contribution in [2.75, 3.05) is 31.8 Å². The molecule has 24 heavy (non-hydrogen) atoms. The molecule has 1 atom stereocenters. The largest absolute Gasteiger partial charge is 0.462 e. The standard InChI is InChI=1S/C15H22N2O5S.ClH/c1-5-22-15(19)11-6-12(8-13(7-11)23(4,20)21)17-14(18)10(2)9-16-3;/h6-8,10,16H,5,9H2,1-4H3,(H,17,18);1H. The summed E-state index contributed by atoms with van der Waals surface area (Å²) in [6.07, 6.45) is 1.03. The summed E-state index contributed by atoms with van der Waals surface area (Å²) in [5.41, 5.74) is 0.315. The number of amides is 1. The molecular formula is C15H23ClN2O5S. The van der Waals surface area contributed by atoms with Crippen molar-refractivity contribution in [2.45, 2.75) is 18.7 Å². The molecule has 0 saturated heterocycles. The highest BCUT2D eigenvalue weighted by atomic mass is 35.5. The van der Waals surface area contributed by atoms with Gasteiger partial charge in [-0.1, -0.05) is 6.92 Å². The molecule has 0 bridgehead atoms. The molecule has 9 heteroatoms. The Morgan fingerprint density at radius 2 is 1.88 bits per heavy atom. The first kappa shape index (κ1) is 22.4. The number of nitrogens with one attached hydrogen (secondary N) is 2. The third-order valence-corrected chi connectivity index (χ3v) is 4.16. The van der Waals surface area contributed by atoms with E-state index in [-0.39, 0.29) is 47.0 Å². The molecule has 0 heterocycles. The normalized spacial score (nSPS) is 12.0. The summed E-state index contributed by atoms with van der Waals surface area (Å²) in [5, 5.41) is 5.51. The van der Waals surface area contributed by atoms with E-state index in [1.807, 2.05) is 0 Å². The molecule has 1 aromatic carbocycles. The highest BCUT2D eigenvalue weighted by molar-refractivity contribution is 7.90. The second-order valence-corrected chi connectivity index (χ2v) is 7.20. The second-order valence-electron chi connectivity index (χ2n) is 5.19. The van der Waals surface area contributed by atoms with Gasteiger partial charge in [0.05, 0.1) is 17.1 Å². The summed E-state index contributed by atoms with van der Waals surface area (Å²) in [5.74, 6) is -1.23. The fraction of sp³-hybridized carbons (Fsp3) is 0.467. The maximum absolute atomic E-state index is 12.1. The van der Waals surface area contributed by atoms with Gasteiger partial charge >= 0.3 is 5.97 Å². The van der Waals surface area contributed by atoms with Gasteiger partial charge in [0.15, 0.2) is 9.84 Å². The summed E-state index contributed by atoms with van der Waals surface area (Å²) in [7, 11) is -1.80. The minimum atomic E-state index is -3.53. The zero-order valence-corrected chi connectivity index (χ0v) is 15.7. The minimum absolute atomic E-state index is 0. The summed E-state index contributed by atoms with van der Waals surface area (Å²) in [6.45, 7) is 4.03. The van der Waals surface area contributed by atoms with Crippen LogP contribution in [0.4, 0.5) is 5.69 Å². The molecule has 0 aliphatic rings. The third kappa shape index (κ3) is 6.46. The molecule has 0 aliphatic carbocycles. The van der Waals surface area contributed by atoms with E-state index in [4.69, 9.17) is 4.74 Å². The Hall–Kier alpha value is -1.64. The summed E-state index contributed by atoms with van der Waals surface area (Å²) in [4.78, 5) is 23.9. The van der Waals surface area contributed by atoms with Gasteiger partial charge in [-0.3, -0.25) is 4.79 Å². The van der Waals surface area contributed by atoms with Gasteiger partial charge in [-0.25, -0.2) is 13.2 Å². The zero-order valence-electron chi connectivity index (χ0n) is 14.1. The van der Waals surface area contributed by atoms with Crippen LogP contribution in [-0.4, -0.2) is 46.7 Å². The molecule has 1 rings (SSSR count). The number of halogens is 1. The van der Waals surface area contributed by atoms with E-state index >= 15 is 0 Å². The van der Waals surface area contributed by atoms with E-state index in [2.05, 4.69) is 10.6 Å². The molecule has 136 valence electrons. The van der Waals surface area contributed by atoms with Crippen molar-refractivity contribution in [2.24, 2.45) is 5.92 Å². The first-order valence-electron chi connectivity index (χ1n) is 7.16.